The van der Waals surface area contributed by atoms with Crippen LogP contribution in [0.4, 0.5) is 0 Å². The Kier molecular flexibility index (Phi) is 9.78. The van der Waals surface area contributed by atoms with Crippen LogP contribution < -0.4 is 10.6 Å². The molecule has 1 amide bonds. The largest absolute Gasteiger partial charge is 0.353 e. The molecule has 0 aromatic rings. The summed E-state index contributed by atoms with van der Waals surface area (Å²) >= 11 is 0. The number of carbonyl (C=O) groups excluding carboxylic acids is 1. The van der Waals surface area contributed by atoms with Crippen molar-refractivity contribution in [1.29, 1.82) is 0 Å². The lowest BCUT2D eigenvalue weighted by atomic mass is 10.1. The van der Waals surface area contributed by atoms with Gasteiger partial charge in [-0.15, -0.1) is 0 Å². The maximum atomic E-state index is 11.8. The van der Waals surface area contributed by atoms with E-state index in [0.717, 1.165) is 38.8 Å². The first-order chi connectivity index (χ1) is 9.33. The number of amides is 1. The highest BCUT2D eigenvalue weighted by Gasteiger charge is 2.13. The van der Waals surface area contributed by atoms with E-state index < -0.39 is 0 Å². The topological polar surface area (TPSA) is 41.1 Å². The molecule has 1 rings (SSSR count). The van der Waals surface area contributed by atoms with Gasteiger partial charge in [-0.3, -0.25) is 4.79 Å². The van der Waals surface area contributed by atoms with Crippen LogP contribution >= 0.6 is 0 Å². The van der Waals surface area contributed by atoms with Crippen LogP contribution in [0.25, 0.3) is 0 Å². The molecule has 2 N–H and O–H groups in total. The zero-order valence-electron chi connectivity index (χ0n) is 12.7. The number of rotatable bonds is 9. The molecule has 0 aliphatic carbocycles. The third-order valence-corrected chi connectivity index (χ3v) is 3.95. The second kappa shape index (κ2) is 11.3. The second-order valence-corrected chi connectivity index (χ2v) is 5.82. The van der Waals surface area contributed by atoms with Crippen LogP contribution in [0.5, 0.6) is 0 Å². The molecule has 0 aromatic heterocycles. The Morgan fingerprint density at radius 2 is 1.79 bits per heavy atom. The molecule has 0 spiro atoms. The van der Waals surface area contributed by atoms with Gasteiger partial charge >= 0.3 is 0 Å². The monoisotopic (exact) mass is 268 g/mol. The molecule has 1 fully saturated rings. The highest BCUT2D eigenvalue weighted by Crippen LogP contribution is 2.09. The molecule has 1 unspecified atom stereocenters. The van der Waals surface area contributed by atoms with Gasteiger partial charge < -0.3 is 10.6 Å². The summed E-state index contributed by atoms with van der Waals surface area (Å²) in [6, 6.07) is 0.409. The van der Waals surface area contributed by atoms with Crippen molar-refractivity contribution in [3.8, 4) is 0 Å². The summed E-state index contributed by atoms with van der Waals surface area (Å²) in [5.41, 5.74) is 0. The fourth-order valence-corrected chi connectivity index (χ4v) is 2.71. The van der Waals surface area contributed by atoms with Gasteiger partial charge in [0.2, 0.25) is 5.91 Å². The summed E-state index contributed by atoms with van der Waals surface area (Å²) in [7, 11) is 0. The van der Waals surface area contributed by atoms with Gasteiger partial charge in [-0.05, 0) is 38.8 Å². The van der Waals surface area contributed by atoms with E-state index in [0.29, 0.717) is 6.04 Å². The van der Waals surface area contributed by atoms with E-state index in [1.165, 1.54) is 44.9 Å². The molecule has 0 bridgehead atoms. The lowest BCUT2D eigenvalue weighted by Gasteiger charge is -2.15. The van der Waals surface area contributed by atoms with Gasteiger partial charge in [0.25, 0.3) is 0 Å². The molecule has 0 aromatic carbocycles. The summed E-state index contributed by atoms with van der Waals surface area (Å²) in [5, 5.41) is 6.57. The standard InChI is InChI=1S/C16H32N2O/c1-2-3-4-5-6-7-8-11-16(19)18-15-10-9-13-17-14-12-15/h15,17H,2-14H2,1H3,(H,18,19). The van der Waals surface area contributed by atoms with Gasteiger partial charge in [-0.1, -0.05) is 45.4 Å². The van der Waals surface area contributed by atoms with Crippen LogP contribution in [0, 0.1) is 0 Å². The van der Waals surface area contributed by atoms with Crippen molar-refractivity contribution in [2.24, 2.45) is 0 Å². The first-order valence-electron chi connectivity index (χ1n) is 8.33. The van der Waals surface area contributed by atoms with Crippen LogP contribution in [0.3, 0.4) is 0 Å². The average molecular weight is 268 g/mol. The summed E-state index contributed by atoms with van der Waals surface area (Å²) in [6.07, 6.45) is 13.0. The average Bonchev–Trinajstić information content (AvgIpc) is 2.66. The quantitative estimate of drug-likeness (QED) is 0.629. The molecule has 1 aliphatic rings. The molecular formula is C16H32N2O. The van der Waals surface area contributed by atoms with Gasteiger partial charge in [0, 0.05) is 12.5 Å². The number of carbonyl (C=O) groups is 1. The van der Waals surface area contributed by atoms with Crippen molar-refractivity contribution in [2.75, 3.05) is 13.1 Å². The third kappa shape index (κ3) is 9.04. The van der Waals surface area contributed by atoms with Crippen LogP contribution in [0.15, 0.2) is 0 Å². The highest BCUT2D eigenvalue weighted by atomic mass is 16.1. The summed E-state index contributed by atoms with van der Waals surface area (Å²) < 4.78 is 0. The Hall–Kier alpha value is -0.570. The van der Waals surface area contributed by atoms with Gasteiger partial charge in [0.05, 0.1) is 0 Å². The van der Waals surface area contributed by atoms with E-state index in [1.807, 2.05) is 0 Å². The molecule has 1 aliphatic heterocycles. The molecule has 3 heteroatoms. The predicted molar refractivity (Wildman–Crippen MR) is 81.3 cm³/mol. The smallest absolute Gasteiger partial charge is 0.220 e. The maximum absolute atomic E-state index is 11.8. The fraction of sp³-hybridized carbons (Fsp3) is 0.938. The van der Waals surface area contributed by atoms with E-state index >= 15 is 0 Å². The minimum Gasteiger partial charge on any atom is -0.353 e. The van der Waals surface area contributed by atoms with Crippen LogP contribution in [-0.4, -0.2) is 25.0 Å². The van der Waals surface area contributed by atoms with E-state index in [1.54, 1.807) is 0 Å². The molecular weight excluding hydrogens is 236 g/mol. The van der Waals surface area contributed by atoms with E-state index in [-0.39, 0.29) is 5.91 Å². The van der Waals surface area contributed by atoms with E-state index in [9.17, 15) is 4.79 Å². The maximum Gasteiger partial charge on any atom is 0.220 e. The molecule has 1 heterocycles. The fourth-order valence-electron chi connectivity index (χ4n) is 2.71. The normalized spacial score (nSPS) is 19.9. The van der Waals surface area contributed by atoms with Gasteiger partial charge in [-0.2, -0.15) is 0 Å². The van der Waals surface area contributed by atoms with Crippen molar-refractivity contribution in [3.63, 3.8) is 0 Å². The zero-order valence-corrected chi connectivity index (χ0v) is 12.7. The SMILES string of the molecule is CCCCCCCCCC(=O)NC1CCCNCC1. The number of hydrogen-bond acceptors (Lipinski definition) is 2. The highest BCUT2D eigenvalue weighted by molar-refractivity contribution is 5.76. The first-order valence-corrected chi connectivity index (χ1v) is 8.33. The Balaban J connectivity index is 1.95. The van der Waals surface area contributed by atoms with Crippen LogP contribution in [0.2, 0.25) is 0 Å². The van der Waals surface area contributed by atoms with E-state index in [2.05, 4.69) is 17.6 Å². The van der Waals surface area contributed by atoms with Gasteiger partial charge in [0.15, 0.2) is 0 Å². The van der Waals surface area contributed by atoms with Crippen molar-refractivity contribution >= 4 is 5.91 Å². The lowest BCUT2D eigenvalue weighted by molar-refractivity contribution is -0.122. The minimum atomic E-state index is 0.264. The molecule has 0 radical (unpaired) electrons. The Morgan fingerprint density at radius 1 is 1.05 bits per heavy atom. The van der Waals surface area contributed by atoms with Gasteiger partial charge in [0.1, 0.15) is 0 Å². The van der Waals surface area contributed by atoms with E-state index in [4.69, 9.17) is 0 Å². The molecule has 3 nitrogen and oxygen atoms in total. The Bertz CT molecular complexity index is 223. The van der Waals surface area contributed by atoms with Crippen molar-refractivity contribution in [1.82, 2.24) is 10.6 Å². The van der Waals surface area contributed by atoms with Crippen molar-refractivity contribution in [3.05, 3.63) is 0 Å². The Morgan fingerprint density at radius 3 is 2.58 bits per heavy atom. The molecule has 112 valence electrons. The number of unbranched alkanes of at least 4 members (excludes halogenated alkanes) is 6. The van der Waals surface area contributed by atoms with Crippen molar-refractivity contribution < 1.29 is 4.79 Å². The summed E-state index contributed by atoms with van der Waals surface area (Å²) in [4.78, 5) is 11.8. The first kappa shape index (κ1) is 16.5. The molecule has 0 saturated carbocycles. The Labute approximate surface area is 118 Å². The van der Waals surface area contributed by atoms with Gasteiger partial charge in [-0.25, -0.2) is 0 Å². The number of hydrogen-bond donors (Lipinski definition) is 2. The molecule has 1 atom stereocenters. The van der Waals surface area contributed by atoms with Crippen LogP contribution in [-0.2, 0) is 4.79 Å². The van der Waals surface area contributed by atoms with Crippen molar-refractivity contribution in [2.45, 2.75) is 83.6 Å². The predicted octanol–water partition coefficient (Wildman–Crippen LogP) is 3.39. The molecule has 19 heavy (non-hydrogen) atoms. The zero-order chi connectivity index (χ0) is 13.8. The second-order valence-electron chi connectivity index (χ2n) is 5.82. The third-order valence-electron chi connectivity index (χ3n) is 3.95. The minimum absolute atomic E-state index is 0.264. The molecule has 1 saturated heterocycles. The summed E-state index contributed by atoms with van der Waals surface area (Å²) in [6.45, 7) is 4.39. The lowest BCUT2D eigenvalue weighted by Crippen LogP contribution is -2.35. The summed E-state index contributed by atoms with van der Waals surface area (Å²) in [5.74, 6) is 0.264. The van der Waals surface area contributed by atoms with Crippen LogP contribution in [0.1, 0.15) is 77.6 Å². The number of nitrogens with one attached hydrogen (secondary N) is 2.